The van der Waals surface area contributed by atoms with Crippen LogP contribution in [0.3, 0.4) is 0 Å². The van der Waals surface area contributed by atoms with E-state index < -0.39 is 11.6 Å². The zero-order valence-electron chi connectivity index (χ0n) is 12.8. The largest absolute Gasteiger partial charge is 0.378 e. The minimum Gasteiger partial charge on any atom is -0.378 e. The van der Waals surface area contributed by atoms with Crippen molar-refractivity contribution in [3.05, 3.63) is 73.0 Å². The summed E-state index contributed by atoms with van der Waals surface area (Å²) in [6.07, 6.45) is 0. The smallest absolute Gasteiger partial charge is 0.319 e. The maximum absolute atomic E-state index is 12.2. The van der Waals surface area contributed by atoms with E-state index in [9.17, 15) is 9.90 Å². The van der Waals surface area contributed by atoms with Gasteiger partial charge in [0.15, 0.2) is 0 Å². The fourth-order valence-electron chi connectivity index (χ4n) is 2.30. The maximum Gasteiger partial charge on any atom is 0.319 e. The average molecular weight is 413 g/mol. The molecule has 2 amide bonds. The molecule has 8 heteroatoms. The normalized spacial score (nSPS) is 13.2. The van der Waals surface area contributed by atoms with Gasteiger partial charge in [0.05, 0.1) is 16.6 Å². The molecule has 4 nitrogen and oxygen atoms in total. The first-order valence-electron chi connectivity index (χ1n) is 7.28. The number of carbonyl (C=O) groups excluding carboxylic acids is 1. The predicted molar refractivity (Wildman–Crippen MR) is 105 cm³/mol. The highest BCUT2D eigenvalue weighted by Crippen LogP contribution is 2.33. The average Bonchev–Trinajstić information content (AvgIpc) is 3.30. The number of anilines is 1. The van der Waals surface area contributed by atoms with Gasteiger partial charge >= 0.3 is 6.03 Å². The van der Waals surface area contributed by atoms with Gasteiger partial charge in [-0.05, 0) is 46.5 Å². The fraction of sp³-hybridized carbons (Fsp3) is 0.118. The lowest BCUT2D eigenvalue weighted by Crippen LogP contribution is -2.42. The molecule has 3 aromatic rings. The van der Waals surface area contributed by atoms with E-state index in [1.54, 1.807) is 18.2 Å². The lowest BCUT2D eigenvalue weighted by molar-refractivity contribution is 0.0871. The number of halogens is 2. The Morgan fingerprint density at radius 1 is 1.16 bits per heavy atom. The van der Waals surface area contributed by atoms with E-state index in [4.69, 9.17) is 23.2 Å². The van der Waals surface area contributed by atoms with E-state index in [2.05, 4.69) is 10.6 Å². The van der Waals surface area contributed by atoms with Crippen LogP contribution in [0.25, 0.3) is 0 Å². The zero-order valence-corrected chi connectivity index (χ0v) is 16.0. The van der Waals surface area contributed by atoms with Gasteiger partial charge in [-0.15, -0.1) is 11.3 Å². The Bertz CT molecular complexity index is 817. The van der Waals surface area contributed by atoms with Gasteiger partial charge < -0.3 is 15.7 Å². The van der Waals surface area contributed by atoms with Crippen molar-refractivity contribution < 1.29 is 9.90 Å². The second-order valence-electron chi connectivity index (χ2n) is 5.29. The number of hydrogen-bond donors (Lipinski definition) is 3. The van der Waals surface area contributed by atoms with Crippen LogP contribution >= 0.6 is 45.9 Å². The molecular formula is C17H14Cl2N2O2S2. The number of thiophene rings is 2. The van der Waals surface area contributed by atoms with Crippen LogP contribution in [0, 0.1) is 0 Å². The Kier molecular flexibility index (Phi) is 5.66. The summed E-state index contributed by atoms with van der Waals surface area (Å²) in [5.74, 6) is 0. The van der Waals surface area contributed by atoms with Crippen LogP contribution in [-0.2, 0) is 5.60 Å². The van der Waals surface area contributed by atoms with Crippen LogP contribution in [0.2, 0.25) is 10.0 Å². The van der Waals surface area contributed by atoms with Crippen LogP contribution in [0.15, 0.2) is 52.5 Å². The second kappa shape index (κ2) is 7.76. The molecule has 130 valence electrons. The summed E-state index contributed by atoms with van der Waals surface area (Å²) in [4.78, 5) is 13.0. The first kappa shape index (κ1) is 18.2. The third kappa shape index (κ3) is 4.16. The van der Waals surface area contributed by atoms with Crippen LogP contribution in [-0.4, -0.2) is 17.7 Å². The molecule has 0 saturated heterocycles. The van der Waals surface area contributed by atoms with Crippen molar-refractivity contribution in [3.8, 4) is 0 Å². The van der Waals surface area contributed by atoms with Gasteiger partial charge in [0.25, 0.3) is 0 Å². The molecule has 0 radical (unpaired) electrons. The number of aliphatic hydroxyl groups is 1. The molecule has 0 aliphatic rings. The van der Waals surface area contributed by atoms with E-state index in [-0.39, 0.29) is 6.54 Å². The molecule has 1 aromatic carbocycles. The van der Waals surface area contributed by atoms with Gasteiger partial charge in [-0.25, -0.2) is 4.79 Å². The third-order valence-electron chi connectivity index (χ3n) is 3.61. The Hall–Kier alpha value is -1.57. The minimum atomic E-state index is -1.27. The van der Waals surface area contributed by atoms with E-state index in [0.29, 0.717) is 15.7 Å². The summed E-state index contributed by atoms with van der Waals surface area (Å²) in [6.45, 7) is 0.0391. The van der Waals surface area contributed by atoms with Crippen molar-refractivity contribution in [1.29, 1.82) is 0 Å². The molecule has 2 heterocycles. The topological polar surface area (TPSA) is 61.4 Å². The molecular weight excluding hydrogens is 399 g/mol. The summed E-state index contributed by atoms with van der Waals surface area (Å²) in [5, 5.41) is 23.0. The van der Waals surface area contributed by atoms with Gasteiger partial charge in [0.1, 0.15) is 5.60 Å². The Labute approximate surface area is 163 Å². The van der Waals surface area contributed by atoms with Crippen LogP contribution in [0.5, 0.6) is 0 Å². The summed E-state index contributed by atoms with van der Waals surface area (Å²) >= 11 is 14.7. The standard InChI is InChI=1S/C17H14Cl2N2O2S2/c18-13-4-3-12(8-14(13)19)21-16(22)20-10-17(23,11-5-7-24-9-11)15-2-1-6-25-15/h1-9,23H,10H2,(H2,20,21,22). The lowest BCUT2D eigenvalue weighted by atomic mass is 9.94. The molecule has 3 N–H and O–H groups in total. The molecule has 3 rings (SSSR count). The van der Waals surface area contributed by atoms with Crippen molar-refractivity contribution in [2.24, 2.45) is 0 Å². The Morgan fingerprint density at radius 2 is 2.00 bits per heavy atom. The van der Waals surface area contributed by atoms with Crippen molar-refractivity contribution >= 4 is 57.6 Å². The number of amides is 2. The van der Waals surface area contributed by atoms with E-state index in [1.165, 1.54) is 22.7 Å². The SMILES string of the molecule is O=C(NCC(O)(c1ccsc1)c1cccs1)Nc1ccc(Cl)c(Cl)c1. The van der Waals surface area contributed by atoms with E-state index in [0.717, 1.165) is 10.4 Å². The molecule has 0 spiro atoms. The maximum atomic E-state index is 12.2. The number of urea groups is 1. The number of nitrogens with one attached hydrogen (secondary N) is 2. The molecule has 0 bridgehead atoms. The first-order chi connectivity index (χ1) is 12.0. The first-order valence-corrected chi connectivity index (χ1v) is 9.86. The van der Waals surface area contributed by atoms with Crippen LogP contribution in [0.4, 0.5) is 10.5 Å². The van der Waals surface area contributed by atoms with Crippen LogP contribution in [0.1, 0.15) is 10.4 Å². The second-order valence-corrected chi connectivity index (χ2v) is 7.83. The van der Waals surface area contributed by atoms with E-state index >= 15 is 0 Å². The van der Waals surface area contributed by atoms with Gasteiger partial charge in [0, 0.05) is 16.1 Å². The van der Waals surface area contributed by atoms with Crippen molar-refractivity contribution in [3.63, 3.8) is 0 Å². The van der Waals surface area contributed by atoms with E-state index in [1.807, 2.05) is 34.3 Å². The van der Waals surface area contributed by atoms with Crippen LogP contribution < -0.4 is 10.6 Å². The molecule has 0 aliphatic carbocycles. The third-order valence-corrected chi connectivity index (χ3v) is 6.05. The zero-order chi connectivity index (χ0) is 17.9. The molecule has 0 fully saturated rings. The summed E-state index contributed by atoms with van der Waals surface area (Å²) in [7, 11) is 0. The number of benzene rings is 1. The number of hydrogen-bond acceptors (Lipinski definition) is 4. The highest BCUT2D eigenvalue weighted by Gasteiger charge is 2.33. The van der Waals surface area contributed by atoms with Crippen molar-refractivity contribution in [1.82, 2.24) is 5.32 Å². The summed E-state index contributed by atoms with van der Waals surface area (Å²) < 4.78 is 0. The molecule has 25 heavy (non-hydrogen) atoms. The van der Waals surface area contributed by atoms with Gasteiger partial charge in [-0.1, -0.05) is 29.3 Å². The Balaban J connectivity index is 1.71. The summed E-state index contributed by atoms with van der Waals surface area (Å²) in [5.41, 5.74) is -0.0137. The molecule has 1 atom stereocenters. The Morgan fingerprint density at radius 3 is 2.64 bits per heavy atom. The van der Waals surface area contributed by atoms with Gasteiger partial charge in [-0.2, -0.15) is 11.3 Å². The van der Waals surface area contributed by atoms with Crippen molar-refractivity contribution in [2.45, 2.75) is 5.60 Å². The molecule has 0 saturated carbocycles. The van der Waals surface area contributed by atoms with Gasteiger partial charge in [-0.3, -0.25) is 0 Å². The molecule has 1 unspecified atom stereocenters. The minimum absolute atomic E-state index is 0.0391. The lowest BCUT2D eigenvalue weighted by Gasteiger charge is -2.27. The van der Waals surface area contributed by atoms with Crippen molar-refractivity contribution in [2.75, 3.05) is 11.9 Å². The quantitative estimate of drug-likeness (QED) is 0.540. The highest BCUT2D eigenvalue weighted by atomic mass is 35.5. The monoisotopic (exact) mass is 412 g/mol. The molecule has 2 aromatic heterocycles. The summed E-state index contributed by atoms with van der Waals surface area (Å²) in [6, 6.07) is 9.94. The van der Waals surface area contributed by atoms with Gasteiger partial charge in [0.2, 0.25) is 0 Å². The predicted octanol–water partition coefficient (Wildman–Crippen LogP) is 5.17. The number of carbonyl (C=O) groups is 1. The molecule has 0 aliphatic heterocycles. The fourth-order valence-corrected chi connectivity index (χ4v) is 4.17. The number of rotatable bonds is 5. The highest BCUT2D eigenvalue weighted by molar-refractivity contribution is 7.10.